The number of allylic oxidation sites excluding steroid dienone is 4. The summed E-state index contributed by atoms with van der Waals surface area (Å²) >= 11 is 0. The molecule has 0 aromatic carbocycles. The molecule has 0 saturated heterocycles. The summed E-state index contributed by atoms with van der Waals surface area (Å²) in [5.41, 5.74) is -2.59. The second-order valence-corrected chi connectivity index (χ2v) is 9.93. The molecule has 0 spiro atoms. The monoisotopic (exact) mass is 418 g/mol. The Balaban J connectivity index is 1.70. The molecule has 0 amide bonds. The topological polar surface area (TPSA) is 121 Å². The molecule has 4 aliphatic carbocycles. The fourth-order valence-electron chi connectivity index (χ4n) is 7.12. The number of esters is 1. The molecule has 0 aliphatic heterocycles. The van der Waals surface area contributed by atoms with Gasteiger partial charge in [0.15, 0.2) is 18.0 Å². The Labute approximate surface area is 175 Å². The number of ether oxygens (including phenoxy) is 1. The maximum absolute atomic E-state index is 12.9. The van der Waals surface area contributed by atoms with Gasteiger partial charge in [-0.25, -0.2) is 0 Å². The van der Waals surface area contributed by atoms with Crippen LogP contribution >= 0.6 is 0 Å². The van der Waals surface area contributed by atoms with E-state index >= 15 is 0 Å². The van der Waals surface area contributed by atoms with Crippen LogP contribution in [0, 0.1) is 28.6 Å². The lowest BCUT2D eigenvalue weighted by Gasteiger charge is -2.59. The van der Waals surface area contributed by atoms with E-state index in [1.807, 2.05) is 13.0 Å². The molecule has 7 nitrogen and oxygen atoms in total. The van der Waals surface area contributed by atoms with E-state index in [0.29, 0.717) is 12.8 Å². The highest BCUT2D eigenvalue weighted by atomic mass is 16.5. The zero-order valence-corrected chi connectivity index (χ0v) is 17.6. The number of hydrogen-bond donors (Lipinski definition) is 3. The summed E-state index contributed by atoms with van der Waals surface area (Å²) in [5.74, 6) is -1.79. The molecule has 0 aromatic rings. The van der Waals surface area contributed by atoms with Gasteiger partial charge in [0.2, 0.25) is 5.78 Å². The number of Topliss-reactive ketones (excluding diaryl/α,β-unsaturated/α-hetero) is 1. The summed E-state index contributed by atoms with van der Waals surface area (Å²) in [7, 11) is 0. The van der Waals surface area contributed by atoms with Gasteiger partial charge in [-0.05, 0) is 49.7 Å². The number of rotatable bonds is 3. The van der Waals surface area contributed by atoms with E-state index in [1.165, 1.54) is 6.92 Å². The third-order valence-corrected chi connectivity index (χ3v) is 8.55. The molecule has 3 saturated carbocycles. The number of aliphatic hydroxyl groups excluding tert-OH is 2. The van der Waals surface area contributed by atoms with Crippen molar-refractivity contribution in [3.8, 4) is 0 Å². The first-order chi connectivity index (χ1) is 13.9. The van der Waals surface area contributed by atoms with Crippen LogP contribution in [-0.2, 0) is 19.1 Å². The van der Waals surface area contributed by atoms with Crippen LogP contribution in [0.1, 0.15) is 46.5 Å². The highest BCUT2D eigenvalue weighted by Crippen LogP contribution is 2.67. The number of carbonyl (C=O) groups excluding carboxylic acids is 3. The quantitative estimate of drug-likeness (QED) is 0.587. The number of aliphatic hydroxyl groups is 3. The highest BCUT2D eigenvalue weighted by Gasteiger charge is 2.71. The Bertz CT molecular complexity index is 860. The van der Waals surface area contributed by atoms with E-state index in [-0.39, 0.29) is 36.4 Å². The first-order valence-electron chi connectivity index (χ1n) is 10.6. The Morgan fingerprint density at radius 1 is 1.27 bits per heavy atom. The number of hydrogen-bond acceptors (Lipinski definition) is 7. The summed E-state index contributed by atoms with van der Waals surface area (Å²) in [4.78, 5) is 35.9. The van der Waals surface area contributed by atoms with Crippen molar-refractivity contribution < 1.29 is 34.4 Å². The standard InChI is InChI=1S/C23H30O7/c1-12(24)30-11-19(28)23(29)18(27)9-16-15-5-4-13-8-14(25)6-7-21(13,2)20(15)17(26)10-22(16,23)3/h6-8,15-18,20,26-27,29H,4-5,9-11H2,1-3H3/t15-,16-,17-,18-,20+,21-,22-,23-/m0/s1. The van der Waals surface area contributed by atoms with Crippen LogP contribution in [0.5, 0.6) is 0 Å². The first-order valence-corrected chi connectivity index (χ1v) is 10.6. The van der Waals surface area contributed by atoms with Crippen molar-refractivity contribution in [2.24, 2.45) is 28.6 Å². The van der Waals surface area contributed by atoms with Crippen LogP contribution in [0.2, 0.25) is 0 Å². The van der Waals surface area contributed by atoms with Gasteiger partial charge < -0.3 is 20.1 Å². The Hall–Kier alpha value is -1.83. The predicted molar refractivity (Wildman–Crippen MR) is 106 cm³/mol. The van der Waals surface area contributed by atoms with Crippen molar-refractivity contribution >= 4 is 17.5 Å². The SMILES string of the molecule is CC(=O)OCC(=O)[C@@]1(O)[C@@H](O)C[C@H]2[C@@H]3CCC4=CC(=O)C=C[C@]4(C)[C@H]3[C@@H](O)C[C@@]21C. The summed E-state index contributed by atoms with van der Waals surface area (Å²) in [6.07, 6.45) is 4.78. The van der Waals surface area contributed by atoms with Crippen molar-refractivity contribution in [1.29, 1.82) is 0 Å². The van der Waals surface area contributed by atoms with E-state index < -0.39 is 47.0 Å². The van der Waals surface area contributed by atoms with E-state index in [4.69, 9.17) is 4.74 Å². The molecule has 3 fully saturated rings. The van der Waals surface area contributed by atoms with Crippen LogP contribution in [0.4, 0.5) is 0 Å². The fraction of sp³-hybridized carbons (Fsp3) is 0.696. The van der Waals surface area contributed by atoms with Gasteiger partial charge in [0.05, 0.1) is 12.2 Å². The average Bonchev–Trinajstić information content (AvgIpc) is 2.87. The maximum atomic E-state index is 12.9. The van der Waals surface area contributed by atoms with Crippen LogP contribution in [0.15, 0.2) is 23.8 Å². The Kier molecular flexibility index (Phi) is 4.88. The smallest absolute Gasteiger partial charge is 0.303 e. The van der Waals surface area contributed by atoms with Gasteiger partial charge in [0, 0.05) is 23.7 Å². The van der Waals surface area contributed by atoms with Crippen LogP contribution < -0.4 is 0 Å². The van der Waals surface area contributed by atoms with E-state index in [9.17, 15) is 29.7 Å². The Morgan fingerprint density at radius 2 is 1.97 bits per heavy atom. The predicted octanol–water partition coefficient (Wildman–Crippen LogP) is 1.10. The minimum atomic E-state index is -2.09. The second kappa shape index (κ2) is 6.84. The molecule has 0 heterocycles. The molecular formula is C23H30O7. The minimum Gasteiger partial charge on any atom is -0.458 e. The third kappa shape index (κ3) is 2.71. The van der Waals surface area contributed by atoms with Crippen molar-refractivity contribution in [3.05, 3.63) is 23.8 Å². The number of fused-ring (bicyclic) bond motifs is 5. The van der Waals surface area contributed by atoms with E-state index in [1.54, 1.807) is 19.1 Å². The van der Waals surface area contributed by atoms with Gasteiger partial charge in [-0.3, -0.25) is 14.4 Å². The highest BCUT2D eigenvalue weighted by molar-refractivity contribution is 6.01. The molecule has 3 N–H and O–H groups in total. The first kappa shape index (κ1) is 21.4. The van der Waals surface area contributed by atoms with Crippen LogP contribution in [0.25, 0.3) is 0 Å². The van der Waals surface area contributed by atoms with E-state index in [0.717, 1.165) is 5.57 Å². The molecule has 4 aliphatic rings. The lowest BCUT2D eigenvalue weighted by atomic mass is 9.46. The van der Waals surface area contributed by atoms with Crippen LogP contribution in [-0.4, -0.2) is 57.3 Å². The zero-order valence-electron chi connectivity index (χ0n) is 17.6. The minimum absolute atomic E-state index is 0.0241. The van der Waals surface area contributed by atoms with Gasteiger partial charge >= 0.3 is 5.97 Å². The molecule has 164 valence electrons. The van der Waals surface area contributed by atoms with E-state index in [2.05, 4.69) is 0 Å². The largest absolute Gasteiger partial charge is 0.458 e. The van der Waals surface area contributed by atoms with Crippen molar-refractivity contribution in [2.45, 2.75) is 64.3 Å². The lowest BCUT2D eigenvalue weighted by Crippen LogP contribution is -2.63. The number of ketones is 2. The Morgan fingerprint density at radius 3 is 2.63 bits per heavy atom. The molecule has 8 atom stereocenters. The zero-order chi connectivity index (χ0) is 22.1. The fourth-order valence-corrected chi connectivity index (χ4v) is 7.12. The van der Waals surface area contributed by atoms with Crippen molar-refractivity contribution in [3.63, 3.8) is 0 Å². The third-order valence-electron chi connectivity index (χ3n) is 8.55. The van der Waals surface area contributed by atoms with Gasteiger partial charge in [-0.1, -0.05) is 25.5 Å². The average molecular weight is 418 g/mol. The molecule has 0 bridgehead atoms. The molecule has 7 heteroatoms. The summed E-state index contributed by atoms with van der Waals surface area (Å²) in [6, 6.07) is 0. The van der Waals surface area contributed by atoms with Gasteiger partial charge in [0.1, 0.15) is 0 Å². The second-order valence-electron chi connectivity index (χ2n) is 9.93. The molecule has 0 aromatic heterocycles. The summed E-state index contributed by atoms with van der Waals surface area (Å²) in [5, 5.41) is 33.6. The van der Waals surface area contributed by atoms with Crippen molar-refractivity contribution in [1.82, 2.24) is 0 Å². The summed E-state index contributed by atoms with van der Waals surface area (Å²) in [6.45, 7) is 4.36. The van der Waals surface area contributed by atoms with Crippen LogP contribution in [0.3, 0.4) is 0 Å². The molecule has 30 heavy (non-hydrogen) atoms. The molecule has 0 radical (unpaired) electrons. The summed E-state index contributed by atoms with van der Waals surface area (Å²) < 4.78 is 4.81. The molecular weight excluding hydrogens is 388 g/mol. The normalized spacial score (nSPS) is 47.1. The molecule has 4 rings (SSSR count). The number of carbonyl (C=O) groups is 3. The maximum Gasteiger partial charge on any atom is 0.303 e. The van der Waals surface area contributed by atoms with Crippen molar-refractivity contribution in [2.75, 3.05) is 6.61 Å². The van der Waals surface area contributed by atoms with Gasteiger partial charge in [-0.15, -0.1) is 0 Å². The lowest BCUT2D eigenvalue weighted by molar-refractivity contribution is -0.192. The molecule has 0 unspecified atom stereocenters. The van der Waals surface area contributed by atoms with Gasteiger partial charge in [-0.2, -0.15) is 0 Å². The van der Waals surface area contributed by atoms with Gasteiger partial charge in [0.25, 0.3) is 0 Å².